The number of hydrogen-bond acceptors (Lipinski definition) is 7. The average molecular weight is 594 g/mol. The lowest BCUT2D eigenvalue weighted by molar-refractivity contribution is -0.123. The summed E-state index contributed by atoms with van der Waals surface area (Å²) >= 11 is 2.99. The Morgan fingerprint density at radius 3 is 2.34 bits per heavy atom. The van der Waals surface area contributed by atoms with Gasteiger partial charge in [-0.3, -0.25) is 14.3 Å². The molecule has 1 aliphatic rings. The standard InChI is InChI=1S/C32H43N5O2S2/c1-21-10-16-25(17-11-21)41-35-19-18-34-29(38)26(20-22-8-6-7-9-22)36-30(39)27-28(40-31(33-5)37-27)23-12-14-24(15-13-23)32(2,3)4/h10-17,22,26,35H,6-9,18-20H2,1-5H3,(H,33,37)(H,34,38)(H,36,39). The van der Waals surface area contributed by atoms with E-state index >= 15 is 0 Å². The summed E-state index contributed by atoms with van der Waals surface area (Å²) in [6, 6.07) is 16.0. The number of carbonyl (C=O) groups excluding carboxylic acids is 2. The van der Waals surface area contributed by atoms with Gasteiger partial charge in [0.2, 0.25) is 5.91 Å². The molecule has 1 atom stereocenters. The Hall–Kier alpha value is -2.88. The summed E-state index contributed by atoms with van der Waals surface area (Å²) in [5, 5.41) is 9.83. The fraction of sp³-hybridized carbons (Fsp3) is 0.469. The molecule has 1 heterocycles. The van der Waals surface area contributed by atoms with Crippen LogP contribution < -0.4 is 20.7 Å². The van der Waals surface area contributed by atoms with Crippen molar-refractivity contribution in [1.82, 2.24) is 20.3 Å². The molecule has 4 rings (SSSR count). The van der Waals surface area contributed by atoms with Gasteiger partial charge in [0.15, 0.2) is 5.13 Å². The Kier molecular flexibility index (Phi) is 10.9. The second-order valence-electron chi connectivity index (χ2n) is 11.8. The number of anilines is 1. The lowest BCUT2D eigenvalue weighted by atomic mass is 9.86. The van der Waals surface area contributed by atoms with Crippen molar-refractivity contribution in [3.63, 3.8) is 0 Å². The molecule has 41 heavy (non-hydrogen) atoms. The molecule has 220 valence electrons. The first kappa shape index (κ1) is 31.1. The van der Waals surface area contributed by atoms with Crippen LogP contribution in [0.4, 0.5) is 5.13 Å². The van der Waals surface area contributed by atoms with Crippen molar-refractivity contribution in [2.24, 2.45) is 5.92 Å². The molecule has 2 amide bonds. The van der Waals surface area contributed by atoms with Crippen LogP contribution >= 0.6 is 23.3 Å². The number of amides is 2. The van der Waals surface area contributed by atoms with Gasteiger partial charge in [0.25, 0.3) is 5.91 Å². The number of nitrogens with one attached hydrogen (secondary N) is 4. The smallest absolute Gasteiger partial charge is 0.272 e. The Labute approximate surface area is 252 Å². The molecule has 0 bridgehead atoms. The quantitative estimate of drug-likeness (QED) is 0.141. The number of aromatic nitrogens is 1. The van der Waals surface area contributed by atoms with Gasteiger partial charge in [0.1, 0.15) is 11.7 Å². The maximum atomic E-state index is 13.6. The number of carbonyl (C=O) groups is 2. The van der Waals surface area contributed by atoms with Crippen LogP contribution in [-0.2, 0) is 10.2 Å². The van der Waals surface area contributed by atoms with E-state index in [-0.39, 0.29) is 17.2 Å². The SMILES string of the molecule is CNc1nc(C(=O)NC(CC2CCCC2)C(=O)NCCNSc2ccc(C)cc2)c(-c2ccc(C(C)(C)C)cc2)s1. The van der Waals surface area contributed by atoms with E-state index < -0.39 is 6.04 Å². The lowest BCUT2D eigenvalue weighted by Gasteiger charge is -2.21. The molecule has 3 aromatic rings. The van der Waals surface area contributed by atoms with E-state index in [0.717, 1.165) is 28.2 Å². The van der Waals surface area contributed by atoms with Gasteiger partial charge in [0.05, 0.1) is 4.88 Å². The molecule has 1 aromatic heterocycles. The van der Waals surface area contributed by atoms with E-state index in [9.17, 15) is 9.59 Å². The maximum Gasteiger partial charge on any atom is 0.272 e. The van der Waals surface area contributed by atoms with Crippen molar-refractivity contribution < 1.29 is 9.59 Å². The molecule has 1 unspecified atom stereocenters. The maximum absolute atomic E-state index is 13.6. The second kappa shape index (κ2) is 14.3. The van der Waals surface area contributed by atoms with Gasteiger partial charge >= 0.3 is 0 Å². The molecular formula is C32H43N5O2S2. The highest BCUT2D eigenvalue weighted by atomic mass is 32.2. The first-order valence-corrected chi connectivity index (χ1v) is 16.1. The third kappa shape index (κ3) is 8.80. The minimum Gasteiger partial charge on any atom is -0.365 e. The molecule has 0 radical (unpaired) electrons. The third-order valence-electron chi connectivity index (χ3n) is 7.47. The minimum atomic E-state index is -0.605. The van der Waals surface area contributed by atoms with E-state index in [0.29, 0.717) is 36.3 Å². The molecule has 4 N–H and O–H groups in total. The predicted molar refractivity (Wildman–Crippen MR) is 172 cm³/mol. The molecular weight excluding hydrogens is 551 g/mol. The zero-order valence-corrected chi connectivity index (χ0v) is 26.4. The summed E-state index contributed by atoms with van der Waals surface area (Å²) in [5.41, 5.74) is 3.78. The number of nitrogens with zero attached hydrogens (tertiary/aromatic N) is 1. The van der Waals surface area contributed by atoms with E-state index in [4.69, 9.17) is 0 Å². The molecule has 1 aliphatic carbocycles. The third-order valence-corrected chi connectivity index (χ3v) is 9.45. The number of thiazole rings is 1. The predicted octanol–water partition coefficient (Wildman–Crippen LogP) is 6.55. The zero-order valence-electron chi connectivity index (χ0n) is 24.8. The van der Waals surface area contributed by atoms with E-state index in [1.54, 1.807) is 19.0 Å². The van der Waals surface area contributed by atoms with Crippen LogP contribution in [-0.4, -0.2) is 43.0 Å². The molecule has 1 saturated carbocycles. The molecule has 0 aliphatic heterocycles. The van der Waals surface area contributed by atoms with Crippen molar-refractivity contribution in [3.05, 3.63) is 65.4 Å². The summed E-state index contributed by atoms with van der Waals surface area (Å²) in [7, 11) is 1.80. The Morgan fingerprint density at radius 1 is 1.02 bits per heavy atom. The van der Waals surface area contributed by atoms with Gasteiger partial charge in [0, 0.05) is 25.0 Å². The van der Waals surface area contributed by atoms with Gasteiger partial charge in [-0.1, -0.05) is 99.8 Å². The largest absolute Gasteiger partial charge is 0.365 e. The Balaban J connectivity index is 1.42. The van der Waals surface area contributed by atoms with Crippen LogP contribution in [0.3, 0.4) is 0 Å². The molecule has 0 spiro atoms. The monoisotopic (exact) mass is 593 g/mol. The summed E-state index contributed by atoms with van der Waals surface area (Å²) < 4.78 is 3.30. The fourth-order valence-corrected chi connectivity index (χ4v) is 6.60. The van der Waals surface area contributed by atoms with Gasteiger partial charge in [-0.05, 0) is 59.9 Å². The van der Waals surface area contributed by atoms with E-state index in [1.807, 2.05) is 0 Å². The van der Waals surface area contributed by atoms with Crippen LogP contribution in [0.15, 0.2) is 53.4 Å². The Bertz CT molecular complexity index is 1290. The summed E-state index contributed by atoms with van der Waals surface area (Å²) in [5.74, 6) is -0.0228. The normalized spacial score (nSPS) is 14.6. The Morgan fingerprint density at radius 2 is 1.71 bits per heavy atom. The zero-order chi connectivity index (χ0) is 29.4. The van der Waals surface area contributed by atoms with Gasteiger partial charge in [-0.15, -0.1) is 0 Å². The highest BCUT2D eigenvalue weighted by molar-refractivity contribution is 7.97. The highest BCUT2D eigenvalue weighted by Crippen LogP contribution is 2.35. The summed E-state index contributed by atoms with van der Waals surface area (Å²) in [6.07, 6.45) is 5.20. The fourth-order valence-electron chi connectivity index (χ4n) is 5.04. The van der Waals surface area contributed by atoms with Crippen LogP contribution in [0.1, 0.15) is 74.5 Å². The van der Waals surface area contributed by atoms with E-state index in [2.05, 4.69) is 102 Å². The first-order valence-electron chi connectivity index (χ1n) is 14.5. The molecule has 0 saturated heterocycles. The lowest BCUT2D eigenvalue weighted by Crippen LogP contribution is -2.48. The van der Waals surface area contributed by atoms with Crippen molar-refractivity contribution in [1.29, 1.82) is 0 Å². The number of aryl methyl sites for hydroxylation is 1. The molecule has 1 fully saturated rings. The van der Waals surface area contributed by atoms with Crippen molar-refractivity contribution in [2.75, 3.05) is 25.5 Å². The van der Waals surface area contributed by atoms with Crippen LogP contribution in [0.25, 0.3) is 10.4 Å². The second-order valence-corrected chi connectivity index (χ2v) is 13.8. The summed E-state index contributed by atoms with van der Waals surface area (Å²) in [4.78, 5) is 33.5. The van der Waals surface area contributed by atoms with Crippen molar-refractivity contribution in [2.45, 2.75) is 76.2 Å². The van der Waals surface area contributed by atoms with E-state index in [1.165, 1.54) is 35.3 Å². The first-order chi connectivity index (χ1) is 19.6. The molecule has 2 aromatic carbocycles. The minimum absolute atomic E-state index is 0.0400. The molecule has 7 nitrogen and oxygen atoms in total. The molecule has 9 heteroatoms. The number of rotatable bonds is 12. The van der Waals surface area contributed by atoms with Gasteiger partial charge < -0.3 is 16.0 Å². The van der Waals surface area contributed by atoms with Crippen LogP contribution in [0.5, 0.6) is 0 Å². The van der Waals surface area contributed by atoms with Gasteiger partial charge in [-0.25, -0.2) is 4.98 Å². The van der Waals surface area contributed by atoms with Crippen molar-refractivity contribution in [3.8, 4) is 10.4 Å². The van der Waals surface area contributed by atoms with Crippen LogP contribution in [0, 0.1) is 12.8 Å². The highest BCUT2D eigenvalue weighted by Gasteiger charge is 2.29. The summed E-state index contributed by atoms with van der Waals surface area (Å²) in [6.45, 7) is 9.70. The topological polar surface area (TPSA) is 95.2 Å². The average Bonchev–Trinajstić information content (AvgIpc) is 3.63. The van der Waals surface area contributed by atoms with Crippen molar-refractivity contribution >= 4 is 40.2 Å². The van der Waals surface area contributed by atoms with Gasteiger partial charge in [-0.2, -0.15) is 0 Å². The van der Waals surface area contributed by atoms with Crippen LogP contribution in [0.2, 0.25) is 0 Å². The number of benzene rings is 2. The number of hydrogen-bond donors (Lipinski definition) is 4.